The largest absolute Gasteiger partial charge is 0.348 e. The smallest absolute Gasteiger partial charge is 0.340 e. The van der Waals surface area contributed by atoms with E-state index in [0.717, 1.165) is 0 Å². The van der Waals surface area contributed by atoms with Crippen LogP contribution in [0.1, 0.15) is 35.3 Å². The van der Waals surface area contributed by atoms with Gasteiger partial charge in [0.05, 0.1) is 13.2 Å². The number of amides is 1. The highest BCUT2D eigenvalue weighted by atomic mass is 79.9. The summed E-state index contributed by atoms with van der Waals surface area (Å²) in [4.78, 5) is 12.1. The van der Waals surface area contributed by atoms with Crippen molar-refractivity contribution in [2.75, 3.05) is 13.2 Å². The molecule has 0 atom stereocenters. The van der Waals surface area contributed by atoms with E-state index in [1.165, 1.54) is 6.07 Å². The van der Waals surface area contributed by atoms with Gasteiger partial charge >= 0.3 is 5.66 Å². The summed E-state index contributed by atoms with van der Waals surface area (Å²) in [5.41, 5.74) is -2.22. The lowest BCUT2D eigenvalue weighted by molar-refractivity contribution is 0.0563. The second-order valence-corrected chi connectivity index (χ2v) is 7.94. The summed E-state index contributed by atoms with van der Waals surface area (Å²) < 4.78 is 40.1. The zero-order valence-electron chi connectivity index (χ0n) is 15.0. The molecule has 27 heavy (non-hydrogen) atoms. The van der Waals surface area contributed by atoms with Gasteiger partial charge in [-0.1, -0.05) is 46.3 Å². The summed E-state index contributed by atoms with van der Waals surface area (Å²) in [6.07, 6.45) is 0. The Morgan fingerprint density at radius 3 is 2.30 bits per heavy atom. The molecule has 2 aromatic carbocycles. The lowest BCUT2D eigenvalue weighted by atomic mass is 10.1. The first-order chi connectivity index (χ1) is 12.9. The van der Waals surface area contributed by atoms with Gasteiger partial charge in [0.15, 0.2) is 0 Å². The maximum Gasteiger partial charge on any atom is 0.340 e. The van der Waals surface area contributed by atoms with E-state index >= 15 is 0 Å². The van der Waals surface area contributed by atoms with E-state index < -0.39 is 14.0 Å². The maximum absolute atomic E-state index is 14.8. The van der Waals surface area contributed by atoms with E-state index in [2.05, 4.69) is 21.2 Å². The molecule has 146 valence electrons. The molecule has 0 aliphatic carbocycles. The van der Waals surface area contributed by atoms with Gasteiger partial charge in [-0.05, 0) is 37.6 Å². The van der Waals surface area contributed by atoms with Crippen LogP contribution in [-0.4, -0.2) is 19.1 Å². The summed E-state index contributed by atoms with van der Waals surface area (Å²) in [6.45, 7) is 3.81. The molecule has 1 N–H and O–H groups in total. The van der Waals surface area contributed by atoms with Crippen LogP contribution in [0.2, 0.25) is 0 Å². The number of benzene rings is 2. The monoisotopic (exact) mass is 459 g/mol. The Morgan fingerprint density at radius 2 is 1.74 bits per heavy atom. The van der Waals surface area contributed by atoms with Crippen molar-refractivity contribution < 1.29 is 22.6 Å². The molecule has 0 aromatic heterocycles. The Bertz CT molecular complexity index is 756. The van der Waals surface area contributed by atoms with Gasteiger partial charge in [0.25, 0.3) is 14.3 Å². The third-order valence-corrected chi connectivity index (χ3v) is 5.91. The number of rotatable bonds is 9. The molecular formula is C19H21BrF2NO3P. The lowest BCUT2D eigenvalue weighted by Crippen LogP contribution is -2.23. The molecule has 0 aliphatic heterocycles. The Morgan fingerprint density at radius 1 is 1.11 bits per heavy atom. The quantitative estimate of drug-likeness (QED) is 0.481. The third kappa shape index (κ3) is 5.79. The molecular weight excluding hydrogens is 439 g/mol. The molecule has 8 heteroatoms. The van der Waals surface area contributed by atoms with Gasteiger partial charge < -0.3 is 14.4 Å². The minimum absolute atomic E-state index is 0.141. The number of halogens is 3. The molecule has 0 saturated carbocycles. The van der Waals surface area contributed by atoms with Crippen LogP contribution >= 0.6 is 24.3 Å². The molecule has 0 spiro atoms. The van der Waals surface area contributed by atoms with Crippen LogP contribution in [0.3, 0.4) is 0 Å². The fraction of sp³-hybridized carbons (Fsp3) is 0.316. The Kier molecular flexibility index (Phi) is 8.29. The Hall–Kier alpha value is -1.40. The maximum atomic E-state index is 14.8. The number of carbonyl (C=O) groups excluding carboxylic acids is 1. The van der Waals surface area contributed by atoms with Gasteiger partial charge in [0.2, 0.25) is 0 Å². The number of nitrogens with one attached hydrogen (secondary N) is 1. The molecule has 0 heterocycles. The van der Waals surface area contributed by atoms with E-state index in [1.54, 1.807) is 50.2 Å². The van der Waals surface area contributed by atoms with Crippen LogP contribution in [-0.2, 0) is 21.3 Å². The van der Waals surface area contributed by atoms with Crippen LogP contribution < -0.4 is 5.32 Å². The highest BCUT2D eigenvalue weighted by molar-refractivity contribution is 9.10. The van der Waals surface area contributed by atoms with Crippen molar-refractivity contribution in [3.05, 3.63) is 69.7 Å². The molecule has 0 fully saturated rings. The first-order valence-corrected chi connectivity index (χ1v) is 10.4. The fourth-order valence-electron chi connectivity index (χ4n) is 2.32. The van der Waals surface area contributed by atoms with Crippen molar-refractivity contribution in [1.29, 1.82) is 0 Å². The summed E-state index contributed by atoms with van der Waals surface area (Å²) >= 11 is 3.21. The molecule has 0 bridgehead atoms. The van der Waals surface area contributed by atoms with Crippen molar-refractivity contribution in [3.63, 3.8) is 0 Å². The fourth-order valence-corrected chi connectivity index (χ4v) is 4.41. The minimum atomic E-state index is -3.26. The summed E-state index contributed by atoms with van der Waals surface area (Å²) in [5.74, 6) is -0.225. The first-order valence-electron chi connectivity index (χ1n) is 8.46. The second kappa shape index (κ2) is 10.2. The minimum Gasteiger partial charge on any atom is -0.348 e. The van der Waals surface area contributed by atoms with Crippen LogP contribution in [0.15, 0.2) is 53.0 Å². The number of alkyl halides is 2. The third-order valence-electron chi connectivity index (χ3n) is 3.57. The summed E-state index contributed by atoms with van der Waals surface area (Å²) in [5, 5.41) is 2.77. The lowest BCUT2D eigenvalue weighted by Gasteiger charge is -2.26. The van der Waals surface area contributed by atoms with Gasteiger partial charge in [0, 0.05) is 22.1 Å². The average Bonchev–Trinajstić information content (AvgIpc) is 2.66. The number of carbonyl (C=O) groups is 1. The van der Waals surface area contributed by atoms with E-state index in [4.69, 9.17) is 9.05 Å². The molecule has 2 rings (SSSR count). The highest BCUT2D eigenvalue weighted by Gasteiger charge is 2.46. The molecule has 2 aromatic rings. The van der Waals surface area contributed by atoms with Gasteiger partial charge in [0.1, 0.15) is 0 Å². The van der Waals surface area contributed by atoms with Crippen LogP contribution in [0.5, 0.6) is 0 Å². The van der Waals surface area contributed by atoms with Crippen molar-refractivity contribution >= 4 is 30.2 Å². The van der Waals surface area contributed by atoms with Crippen LogP contribution in [0.4, 0.5) is 8.78 Å². The summed E-state index contributed by atoms with van der Waals surface area (Å²) in [6, 6.07) is 13.3. The zero-order valence-corrected chi connectivity index (χ0v) is 17.5. The van der Waals surface area contributed by atoms with Crippen LogP contribution in [0, 0.1) is 0 Å². The van der Waals surface area contributed by atoms with Gasteiger partial charge in [-0.25, -0.2) is 0 Å². The molecule has 0 unspecified atom stereocenters. The summed E-state index contributed by atoms with van der Waals surface area (Å²) in [7, 11) is -2.39. The van der Waals surface area contributed by atoms with E-state index in [0.29, 0.717) is 11.1 Å². The van der Waals surface area contributed by atoms with Crippen molar-refractivity contribution in [1.82, 2.24) is 5.32 Å². The number of hydrogen-bond acceptors (Lipinski definition) is 3. The Balaban J connectivity index is 2.11. The predicted molar refractivity (Wildman–Crippen MR) is 106 cm³/mol. The van der Waals surface area contributed by atoms with Gasteiger partial charge in [-0.2, -0.15) is 8.78 Å². The normalized spacial score (nSPS) is 11.6. The molecule has 4 nitrogen and oxygen atoms in total. The molecule has 0 radical (unpaired) electrons. The van der Waals surface area contributed by atoms with Crippen molar-refractivity contribution in [3.8, 4) is 0 Å². The molecule has 1 amide bonds. The number of hydrogen-bond donors (Lipinski definition) is 1. The van der Waals surface area contributed by atoms with Crippen molar-refractivity contribution in [2.24, 2.45) is 0 Å². The van der Waals surface area contributed by atoms with Crippen molar-refractivity contribution in [2.45, 2.75) is 26.1 Å². The average molecular weight is 460 g/mol. The topological polar surface area (TPSA) is 47.6 Å². The SMILES string of the molecule is CCOP(OCC)C(F)(F)c1ccc(CNC(=O)c2ccccc2)cc1Br. The highest BCUT2D eigenvalue weighted by Crippen LogP contribution is 2.61. The van der Waals surface area contributed by atoms with E-state index in [-0.39, 0.29) is 35.7 Å². The van der Waals surface area contributed by atoms with E-state index in [9.17, 15) is 13.6 Å². The molecule has 0 saturated heterocycles. The zero-order chi connectivity index (χ0) is 19.9. The van der Waals surface area contributed by atoms with Gasteiger partial charge in [-0.15, -0.1) is 0 Å². The first kappa shape index (κ1) is 21.9. The van der Waals surface area contributed by atoms with E-state index in [1.807, 2.05) is 6.07 Å². The van der Waals surface area contributed by atoms with Gasteiger partial charge in [-0.3, -0.25) is 4.79 Å². The molecule has 0 aliphatic rings. The predicted octanol–water partition coefficient (Wildman–Crippen LogP) is 5.81. The van der Waals surface area contributed by atoms with Crippen LogP contribution in [0.25, 0.3) is 0 Å². The Labute approximate surface area is 167 Å². The standard InChI is InChI=1S/C19H21BrF2NO3P/c1-3-25-27(26-4-2)19(21,22)16-11-10-14(12-17(16)20)13-23-18(24)15-8-6-5-7-9-15/h5-12H,3-4,13H2,1-2H3,(H,23,24). The second-order valence-electron chi connectivity index (χ2n) is 5.50.